The molecule has 0 saturated carbocycles. The van der Waals surface area contributed by atoms with Gasteiger partial charge in [-0.2, -0.15) is 0 Å². The van der Waals surface area contributed by atoms with Gasteiger partial charge in [-0.15, -0.1) is 0 Å². The van der Waals surface area contributed by atoms with Crippen LogP contribution in [-0.4, -0.2) is 47.4 Å². The molecule has 438 valence electrons. The van der Waals surface area contributed by atoms with Gasteiger partial charge in [0.2, 0.25) is 5.91 Å². The van der Waals surface area contributed by atoms with Crippen molar-refractivity contribution in [2.75, 3.05) is 13.2 Å². The minimum absolute atomic E-state index is 0.00928. The molecule has 0 spiro atoms. The van der Waals surface area contributed by atoms with E-state index >= 15 is 0 Å². The molecule has 0 heterocycles. The summed E-state index contributed by atoms with van der Waals surface area (Å²) in [4.78, 5) is 24.5. The fourth-order valence-electron chi connectivity index (χ4n) is 10.6. The van der Waals surface area contributed by atoms with E-state index in [-0.39, 0.29) is 18.5 Å². The van der Waals surface area contributed by atoms with E-state index in [2.05, 4.69) is 43.5 Å². The summed E-state index contributed by atoms with van der Waals surface area (Å²) >= 11 is 0. The van der Waals surface area contributed by atoms with Crippen molar-refractivity contribution in [3.05, 3.63) is 24.3 Å². The quantitative estimate of drug-likeness (QED) is 0.0320. The average molecular weight is 1040 g/mol. The van der Waals surface area contributed by atoms with Gasteiger partial charge in [-0.3, -0.25) is 9.59 Å². The number of hydrogen-bond donors (Lipinski definition) is 3. The van der Waals surface area contributed by atoms with Crippen molar-refractivity contribution in [2.45, 2.75) is 386 Å². The van der Waals surface area contributed by atoms with Crippen LogP contribution in [0.5, 0.6) is 0 Å². The summed E-state index contributed by atoms with van der Waals surface area (Å²) in [5.74, 6) is -0.0215. The molecule has 74 heavy (non-hydrogen) atoms. The Morgan fingerprint density at radius 2 is 0.649 bits per heavy atom. The molecular formula is C68H131NO5. The number of carbonyl (C=O) groups excluding carboxylic acids is 2. The Balaban J connectivity index is 3.32. The molecule has 2 atom stereocenters. The summed E-state index contributed by atoms with van der Waals surface area (Å²) in [5.41, 5.74) is 0. The highest BCUT2D eigenvalue weighted by Crippen LogP contribution is 2.18. The fourth-order valence-corrected chi connectivity index (χ4v) is 10.6. The van der Waals surface area contributed by atoms with E-state index in [4.69, 9.17) is 4.74 Å². The first-order chi connectivity index (χ1) is 36.5. The highest BCUT2D eigenvalue weighted by molar-refractivity contribution is 5.76. The number of aliphatic hydroxyl groups excluding tert-OH is 2. The zero-order valence-corrected chi connectivity index (χ0v) is 50.1. The first-order valence-corrected chi connectivity index (χ1v) is 33.6. The molecular weight excluding hydrogens is 911 g/mol. The van der Waals surface area contributed by atoms with Crippen LogP contribution in [0.25, 0.3) is 0 Å². The van der Waals surface area contributed by atoms with Crippen LogP contribution in [0, 0.1) is 0 Å². The number of carbonyl (C=O) groups is 2. The first-order valence-electron chi connectivity index (χ1n) is 33.6. The van der Waals surface area contributed by atoms with Crippen LogP contribution >= 0.6 is 0 Å². The number of hydrogen-bond acceptors (Lipinski definition) is 5. The second kappa shape index (κ2) is 63.9. The SMILES string of the molecule is CCCC/C=C\CCCCCCCC(=O)OCCCCCCCCCCCCCCCC/C=C\CCCCCCCCCCCCCCCCCCCC(=O)NC(CO)C(O)CCCCCCCCCCCCC. The van der Waals surface area contributed by atoms with Crippen LogP contribution in [0.2, 0.25) is 0 Å². The zero-order chi connectivity index (χ0) is 53.6. The molecule has 2 unspecified atom stereocenters. The topological polar surface area (TPSA) is 95.9 Å². The number of amides is 1. The molecule has 0 bridgehead atoms. The molecule has 0 rings (SSSR count). The van der Waals surface area contributed by atoms with Crippen molar-refractivity contribution in [1.29, 1.82) is 0 Å². The van der Waals surface area contributed by atoms with Gasteiger partial charge in [0.05, 0.1) is 25.4 Å². The number of aliphatic hydroxyl groups is 2. The molecule has 6 nitrogen and oxygen atoms in total. The van der Waals surface area contributed by atoms with E-state index in [1.54, 1.807) is 0 Å². The largest absolute Gasteiger partial charge is 0.466 e. The minimum atomic E-state index is -0.659. The number of esters is 1. The summed E-state index contributed by atoms with van der Waals surface area (Å²) in [5, 5.41) is 23.2. The van der Waals surface area contributed by atoms with Crippen molar-refractivity contribution in [2.24, 2.45) is 0 Å². The Morgan fingerprint density at radius 1 is 0.365 bits per heavy atom. The highest BCUT2D eigenvalue weighted by atomic mass is 16.5. The molecule has 0 saturated heterocycles. The second-order valence-electron chi connectivity index (χ2n) is 23.1. The van der Waals surface area contributed by atoms with Crippen molar-refractivity contribution in [3.63, 3.8) is 0 Å². The van der Waals surface area contributed by atoms with Crippen LogP contribution in [-0.2, 0) is 14.3 Å². The normalized spacial score (nSPS) is 12.6. The summed E-state index contributed by atoms with van der Waals surface area (Å²) in [6.07, 6.45) is 79.5. The van der Waals surface area contributed by atoms with Gasteiger partial charge in [-0.25, -0.2) is 0 Å². The van der Waals surface area contributed by atoms with Gasteiger partial charge in [0, 0.05) is 12.8 Å². The number of rotatable bonds is 63. The Labute approximate surface area is 462 Å². The van der Waals surface area contributed by atoms with Gasteiger partial charge >= 0.3 is 5.97 Å². The molecule has 0 radical (unpaired) electrons. The van der Waals surface area contributed by atoms with Crippen LogP contribution in [0.15, 0.2) is 24.3 Å². The fraction of sp³-hybridized carbons (Fsp3) is 0.912. The number of unbranched alkanes of at least 4 members (excludes halogenated alkanes) is 48. The molecule has 0 aliphatic heterocycles. The molecule has 0 aliphatic rings. The van der Waals surface area contributed by atoms with Gasteiger partial charge in [-0.05, 0) is 70.6 Å². The van der Waals surface area contributed by atoms with Crippen LogP contribution < -0.4 is 5.32 Å². The number of ether oxygens (including phenoxy) is 1. The van der Waals surface area contributed by atoms with Crippen LogP contribution in [0.3, 0.4) is 0 Å². The standard InChI is InChI=1S/C68H131NO5/c1-3-5-7-9-11-13-40-44-48-52-56-60-66(71)65(64-70)69-67(72)61-57-53-49-45-42-38-36-34-32-30-28-26-24-22-20-18-16-15-17-19-21-23-25-27-29-31-33-35-37-39-43-47-51-55-59-63-74-68(73)62-58-54-50-46-41-14-12-10-8-6-4-2/h10,12,17,19,65-66,70-71H,3-9,11,13-16,18,20-64H2,1-2H3,(H,69,72)/b12-10-,19-17-. The molecule has 0 aromatic rings. The molecule has 0 aliphatic carbocycles. The highest BCUT2D eigenvalue weighted by Gasteiger charge is 2.20. The third-order valence-corrected chi connectivity index (χ3v) is 15.7. The molecule has 0 fully saturated rings. The predicted octanol–water partition coefficient (Wildman–Crippen LogP) is 21.4. The monoisotopic (exact) mass is 1040 g/mol. The lowest BCUT2D eigenvalue weighted by Crippen LogP contribution is -2.45. The van der Waals surface area contributed by atoms with Crippen LogP contribution in [0.1, 0.15) is 373 Å². The predicted molar refractivity (Wildman–Crippen MR) is 324 cm³/mol. The summed E-state index contributed by atoms with van der Waals surface area (Å²) in [6, 6.07) is -0.537. The molecule has 1 amide bonds. The van der Waals surface area contributed by atoms with Crippen molar-refractivity contribution in [3.8, 4) is 0 Å². The third kappa shape index (κ3) is 59.6. The summed E-state index contributed by atoms with van der Waals surface area (Å²) in [7, 11) is 0. The zero-order valence-electron chi connectivity index (χ0n) is 50.1. The lowest BCUT2D eigenvalue weighted by molar-refractivity contribution is -0.143. The summed E-state index contributed by atoms with van der Waals surface area (Å²) < 4.78 is 5.47. The van der Waals surface area contributed by atoms with E-state index in [9.17, 15) is 19.8 Å². The van der Waals surface area contributed by atoms with Gasteiger partial charge in [0.1, 0.15) is 0 Å². The lowest BCUT2D eigenvalue weighted by atomic mass is 10.0. The molecule has 3 N–H and O–H groups in total. The smallest absolute Gasteiger partial charge is 0.305 e. The second-order valence-corrected chi connectivity index (χ2v) is 23.1. The maximum Gasteiger partial charge on any atom is 0.305 e. The van der Waals surface area contributed by atoms with Gasteiger partial charge in [-0.1, -0.05) is 314 Å². The Hall–Kier alpha value is -1.66. The van der Waals surface area contributed by atoms with Crippen molar-refractivity contribution >= 4 is 11.9 Å². The van der Waals surface area contributed by atoms with Crippen molar-refractivity contribution < 1.29 is 24.5 Å². The molecule has 0 aromatic carbocycles. The van der Waals surface area contributed by atoms with E-state index in [0.29, 0.717) is 25.9 Å². The number of nitrogens with one attached hydrogen (secondary N) is 1. The van der Waals surface area contributed by atoms with Gasteiger partial charge < -0.3 is 20.3 Å². The van der Waals surface area contributed by atoms with Crippen molar-refractivity contribution in [1.82, 2.24) is 5.32 Å². The Kier molecular flexibility index (Phi) is 62.4. The van der Waals surface area contributed by atoms with E-state index in [0.717, 1.165) is 44.9 Å². The molecule has 0 aromatic heterocycles. The maximum atomic E-state index is 12.5. The Morgan fingerprint density at radius 3 is 1.00 bits per heavy atom. The van der Waals surface area contributed by atoms with Crippen LogP contribution in [0.4, 0.5) is 0 Å². The maximum absolute atomic E-state index is 12.5. The van der Waals surface area contributed by atoms with E-state index in [1.807, 2.05) is 0 Å². The van der Waals surface area contributed by atoms with Gasteiger partial charge in [0.15, 0.2) is 0 Å². The van der Waals surface area contributed by atoms with Gasteiger partial charge in [0.25, 0.3) is 0 Å². The van der Waals surface area contributed by atoms with E-state index < -0.39 is 12.1 Å². The number of allylic oxidation sites excluding steroid dienone is 4. The minimum Gasteiger partial charge on any atom is -0.466 e. The first kappa shape index (κ1) is 72.3. The summed E-state index contributed by atoms with van der Waals surface area (Å²) in [6.45, 7) is 4.93. The third-order valence-electron chi connectivity index (χ3n) is 15.7. The molecule has 6 heteroatoms. The van der Waals surface area contributed by atoms with E-state index in [1.165, 1.54) is 295 Å². The lowest BCUT2D eigenvalue weighted by Gasteiger charge is -2.22. The average Bonchev–Trinajstić information content (AvgIpc) is 3.40. The Bertz CT molecular complexity index is 1150.